The molecule has 1 aromatic heterocycles. The molecule has 0 aliphatic rings. The molecule has 0 spiro atoms. The third kappa shape index (κ3) is 3.60. The summed E-state index contributed by atoms with van der Waals surface area (Å²) in [6.07, 6.45) is 3.43. The number of nitrogens with two attached hydrogens (primary N) is 1. The Morgan fingerprint density at radius 3 is 2.78 bits per heavy atom. The fraction of sp³-hybridized carbons (Fsp3) is 0.667. The highest BCUT2D eigenvalue weighted by Crippen LogP contribution is 2.30. The Balaban J connectivity index is 2.79. The SMILES string of the molecule is CCCCCN(C)c1snc(N)c1C(=O)OCC. The minimum Gasteiger partial charge on any atom is -0.462 e. The van der Waals surface area contributed by atoms with Gasteiger partial charge in [0.05, 0.1) is 6.61 Å². The average molecular weight is 271 g/mol. The first-order chi connectivity index (χ1) is 8.61. The van der Waals surface area contributed by atoms with Crippen molar-refractivity contribution in [2.75, 3.05) is 30.8 Å². The number of esters is 1. The first-order valence-electron chi connectivity index (χ1n) is 6.25. The van der Waals surface area contributed by atoms with Crippen LogP contribution in [0, 0.1) is 0 Å². The maximum atomic E-state index is 11.8. The average Bonchev–Trinajstić information content (AvgIpc) is 2.71. The lowest BCUT2D eigenvalue weighted by Gasteiger charge is -2.17. The molecule has 1 rings (SSSR count). The van der Waals surface area contributed by atoms with Crippen molar-refractivity contribution in [1.82, 2.24) is 4.37 Å². The van der Waals surface area contributed by atoms with Gasteiger partial charge in [-0.25, -0.2) is 4.79 Å². The topological polar surface area (TPSA) is 68.5 Å². The largest absolute Gasteiger partial charge is 0.462 e. The number of aromatic nitrogens is 1. The van der Waals surface area contributed by atoms with Gasteiger partial charge in [0, 0.05) is 13.6 Å². The molecule has 0 amide bonds. The number of carbonyl (C=O) groups excluding carboxylic acids is 1. The van der Waals surface area contributed by atoms with Crippen LogP contribution in [0.3, 0.4) is 0 Å². The number of hydrogen-bond acceptors (Lipinski definition) is 6. The lowest BCUT2D eigenvalue weighted by atomic mass is 10.2. The van der Waals surface area contributed by atoms with Crippen LogP contribution in [-0.2, 0) is 4.74 Å². The summed E-state index contributed by atoms with van der Waals surface area (Å²) in [7, 11) is 1.95. The lowest BCUT2D eigenvalue weighted by molar-refractivity contribution is 0.0528. The highest BCUT2D eigenvalue weighted by atomic mass is 32.1. The molecule has 1 heterocycles. The molecule has 0 fully saturated rings. The Labute approximate surface area is 112 Å². The Bertz CT molecular complexity index is 393. The highest BCUT2D eigenvalue weighted by Gasteiger charge is 2.22. The molecule has 0 atom stereocenters. The third-order valence-corrected chi connectivity index (χ3v) is 3.60. The smallest absolute Gasteiger partial charge is 0.345 e. The van der Waals surface area contributed by atoms with Crippen LogP contribution in [0.2, 0.25) is 0 Å². The maximum absolute atomic E-state index is 11.8. The Morgan fingerprint density at radius 2 is 2.17 bits per heavy atom. The van der Waals surface area contributed by atoms with Crippen molar-refractivity contribution in [3.05, 3.63) is 5.56 Å². The summed E-state index contributed by atoms with van der Waals surface area (Å²) in [4.78, 5) is 13.8. The molecule has 0 radical (unpaired) electrons. The van der Waals surface area contributed by atoms with Crippen LogP contribution < -0.4 is 10.6 Å². The van der Waals surface area contributed by atoms with Gasteiger partial charge in [0.2, 0.25) is 0 Å². The number of nitrogen functional groups attached to an aromatic ring is 1. The van der Waals surface area contributed by atoms with Crippen LogP contribution in [0.1, 0.15) is 43.5 Å². The standard InChI is InChI=1S/C12H21N3O2S/c1-4-6-7-8-15(3)11-9(10(13)14-18-11)12(16)17-5-2/h4-8H2,1-3H3,(H2,13,14). The van der Waals surface area contributed by atoms with Crippen molar-refractivity contribution in [2.45, 2.75) is 33.1 Å². The minimum atomic E-state index is -0.388. The summed E-state index contributed by atoms with van der Waals surface area (Å²) in [5.41, 5.74) is 6.14. The van der Waals surface area contributed by atoms with Gasteiger partial charge in [-0.1, -0.05) is 19.8 Å². The van der Waals surface area contributed by atoms with Gasteiger partial charge < -0.3 is 15.4 Å². The van der Waals surface area contributed by atoms with Crippen LogP contribution in [0.4, 0.5) is 10.8 Å². The zero-order valence-electron chi connectivity index (χ0n) is 11.2. The Morgan fingerprint density at radius 1 is 1.44 bits per heavy atom. The van der Waals surface area contributed by atoms with Gasteiger partial charge >= 0.3 is 5.97 Å². The molecule has 0 saturated heterocycles. The Hall–Kier alpha value is -1.30. The van der Waals surface area contributed by atoms with E-state index in [-0.39, 0.29) is 11.8 Å². The molecule has 5 nitrogen and oxygen atoms in total. The first-order valence-corrected chi connectivity index (χ1v) is 7.02. The van der Waals surface area contributed by atoms with Crippen molar-refractivity contribution in [1.29, 1.82) is 0 Å². The van der Waals surface area contributed by atoms with Crippen molar-refractivity contribution >= 4 is 28.3 Å². The van der Waals surface area contributed by atoms with Gasteiger partial charge in [-0.15, -0.1) is 0 Å². The number of unbranched alkanes of at least 4 members (excludes halogenated alkanes) is 2. The molecule has 0 aromatic carbocycles. The predicted octanol–water partition coefficient (Wildman–Crippen LogP) is 2.53. The number of anilines is 2. The summed E-state index contributed by atoms with van der Waals surface area (Å²) >= 11 is 1.25. The molecule has 0 aliphatic carbocycles. The van der Waals surface area contributed by atoms with Crippen LogP contribution in [0.15, 0.2) is 0 Å². The van der Waals surface area contributed by atoms with E-state index in [0.29, 0.717) is 12.2 Å². The summed E-state index contributed by atoms with van der Waals surface area (Å²) < 4.78 is 9.05. The van der Waals surface area contributed by atoms with E-state index in [0.717, 1.165) is 18.0 Å². The van der Waals surface area contributed by atoms with Gasteiger partial charge in [-0.05, 0) is 24.9 Å². The molecule has 102 valence electrons. The fourth-order valence-electron chi connectivity index (χ4n) is 1.65. The van der Waals surface area contributed by atoms with E-state index < -0.39 is 0 Å². The summed E-state index contributed by atoms with van der Waals surface area (Å²) in [5, 5.41) is 0.794. The van der Waals surface area contributed by atoms with Crippen molar-refractivity contribution in [3.8, 4) is 0 Å². The fourth-order valence-corrected chi connectivity index (χ4v) is 2.44. The first kappa shape index (κ1) is 14.8. The van der Waals surface area contributed by atoms with Crippen molar-refractivity contribution in [3.63, 3.8) is 0 Å². The Kier molecular flexibility index (Phi) is 5.91. The van der Waals surface area contributed by atoms with Gasteiger partial charge in [-0.2, -0.15) is 4.37 Å². The molecular formula is C12H21N3O2S. The number of rotatable bonds is 7. The molecule has 2 N–H and O–H groups in total. The molecule has 6 heteroatoms. The highest BCUT2D eigenvalue weighted by molar-refractivity contribution is 7.11. The zero-order valence-corrected chi connectivity index (χ0v) is 12.0. The van der Waals surface area contributed by atoms with Gasteiger partial charge in [-0.3, -0.25) is 0 Å². The molecule has 18 heavy (non-hydrogen) atoms. The van der Waals surface area contributed by atoms with E-state index in [1.807, 2.05) is 11.9 Å². The van der Waals surface area contributed by atoms with Crippen LogP contribution in [-0.4, -0.2) is 30.5 Å². The number of nitrogens with zero attached hydrogens (tertiary/aromatic N) is 2. The second-order valence-electron chi connectivity index (χ2n) is 4.10. The molecule has 0 aliphatic heterocycles. The van der Waals surface area contributed by atoms with Crippen LogP contribution in [0.5, 0.6) is 0 Å². The number of hydrogen-bond donors (Lipinski definition) is 1. The summed E-state index contributed by atoms with van der Waals surface area (Å²) in [6.45, 7) is 5.17. The molecule has 0 saturated carbocycles. The van der Waals surface area contributed by atoms with E-state index in [9.17, 15) is 4.79 Å². The van der Waals surface area contributed by atoms with Gasteiger partial charge in [0.1, 0.15) is 10.6 Å². The quantitative estimate of drug-likeness (QED) is 0.609. The number of ether oxygens (including phenoxy) is 1. The van der Waals surface area contributed by atoms with Crippen molar-refractivity contribution in [2.24, 2.45) is 0 Å². The van der Waals surface area contributed by atoms with Crippen molar-refractivity contribution < 1.29 is 9.53 Å². The zero-order chi connectivity index (χ0) is 13.5. The van der Waals surface area contributed by atoms with E-state index in [2.05, 4.69) is 11.3 Å². The van der Waals surface area contributed by atoms with E-state index >= 15 is 0 Å². The summed E-state index contributed by atoms with van der Waals surface area (Å²) in [6, 6.07) is 0. The van der Waals surface area contributed by atoms with E-state index in [1.54, 1.807) is 6.92 Å². The number of carbonyl (C=O) groups is 1. The van der Waals surface area contributed by atoms with Gasteiger partial charge in [0.25, 0.3) is 0 Å². The van der Waals surface area contributed by atoms with Crippen LogP contribution in [0.25, 0.3) is 0 Å². The predicted molar refractivity (Wildman–Crippen MR) is 75.3 cm³/mol. The van der Waals surface area contributed by atoms with E-state index in [1.165, 1.54) is 24.4 Å². The lowest BCUT2D eigenvalue weighted by Crippen LogP contribution is -2.20. The molecule has 1 aromatic rings. The monoisotopic (exact) mass is 271 g/mol. The minimum absolute atomic E-state index is 0.260. The molecule has 0 bridgehead atoms. The molecular weight excluding hydrogens is 250 g/mol. The normalized spacial score (nSPS) is 10.4. The third-order valence-electron chi connectivity index (χ3n) is 2.62. The second-order valence-corrected chi connectivity index (χ2v) is 4.85. The second kappa shape index (κ2) is 7.20. The maximum Gasteiger partial charge on any atom is 0.345 e. The molecule has 0 unspecified atom stereocenters. The van der Waals surface area contributed by atoms with E-state index in [4.69, 9.17) is 10.5 Å². The van der Waals surface area contributed by atoms with Gasteiger partial charge in [0.15, 0.2) is 5.82 Å². The summed E-state index contributed by atoms with van der Waals surface area (Å²) in [5.74, 6) is -0.128. The van der Waals surface area contributed by atoms with Crippen LogP contribution >= 0.6 is 11.5 Å².